The Balaban J connectivity index is 1.30. The van der Waals surface area contributed by atoms with Gasteiger partial charge in [-0.3, -0.25) is 9.69 Å². The van der Waals surface area contributed by atoms with Crippen molar-refractivity contribution < 1.29 is 23.7 Å². The van der Waals surface area contributed by atoms with Crippen LogP contribution in [0.1, 0.15) is 11.1 Å². The van der Waals surface area contributed by atoms with E-state index in [2.05, 4.69) is 0 Å². The zero-order valence-electron chi connectivity index (χ0n) is 18.8. The summed E-state index contributed by atoms with van der Waals surface area (Å²) in [7, 11) is 0. The predicted molar refractivity (Wildman–Crippen MR) is 130 cm³/mol. The fourth-order valence-electron chi connectivity index (χ4n) is 5.18. The molecule has 3 heterocycles. The molecule has 1 unspecified atom stereocenters. The highest BCUT2D eigenvalue weighted by Crippen LogP contribution is 2.56. The van der Waals surface area contributed by atoms with Crippen LogP contribution in [0.5, 0.6) is 28.7 Å². The number of benzene rings is 4. The molecule has 0 aliphatic carbocycles. The first-order valence-electron chi connectivity index (χ1n) is 11.6. The minimum atomic E-state index is -0.943. The summed E-state index contributed by atoms with van der Waals surface area (Å²) in [5.74, 6) is 3.36. The summed E-state index contributed by atoms with van der Waals surface area (Å²) < 4.78 is 23.6. The number of amides is 1. The lowest BCUT2D eigenvalue weighted by Gasteiger charge is -2.24. The molecule has 4 aromatic carbocycles. The first-order valence-corrected chi connectivity index (χ1v) is 11.6. The van der Waals surface area contributed by atoms with Crippen LogP contribution in [0.2, 0.25) is 0 Å². The summed E-state index contributed by atoms with van der Waals surface area (Å²) >= 11 is 0. The standard InChI is InChI=1S/C29H21NO5/c31-28-29(18-34-25-17-27-26(16-23(25)29)32-14-15-33-27)22-8-4-5-9-24(22)30(28)19-10-12-21(13-11-19)35-20-6-2-1-3-7-20/h1-13,16-17H,14-15,18H2. The van der Waals surface area contributed by atoms with Gasteiger partial charge in [0.25, 0.3) is 0 Å². The molecule has 7 rings (SSSR count). The van der Waals surface area contributed by atoms with Crippen molar-refractivity contribution in [2.45, 2.75) is 5.41 Å². The van der Waals surface area contributed by atoms with Gasteiger partial charge in [-0.1, -0.05) is 36.4 Å². The van der Waals surface area contributed by atoms with Crippen LogP contribution in [-0.4, -0.2) is 25.7 Å². The highest BCUT2D eigenvalue weighted by molar-refractivity contribution is 6.15. The van der Waals surface area contributed by atoms with E-state index < -0.39 is 5.41 Å². The number of hydrogen-bond acceptors (Lipinski definition) is 5. The summed E-state index contributed by atoms with van der Waals surface area (Å²) in [5.41, 5.74) is 2.41. The van der Waals surface area contributed by atoms with Crippen molar-refractivity contribution in [2.24, 2.45) is 0 Å². The molecule has 6 heteroatoms. The summed E-state index contributed by atoms with van der Waals surface area (Å²) in [5, 5.41) is 0. The smallest absolute Gasteiger partial charge is 0.250 e. The molecule has 0 N–H and O–H groups in total. The summed E-state index contributed by atoms with van der Waals surface area (Å²) in [4.78, 5) is 16.0. The number of carbonyl (C=O) groups excluding carboxylic acids is 1. The van der Waals surface area contributed by atoms with Gasteiger partial charge in [0.15, 0.2) is 11.5 Å². The second-order valence-electron chi connectivity index (χ2n) is 8.75. The minimum absolute atomic E-state index is 0.0501. The van der Waals surface area contributed by atoms with E-state index in [1.807, 2.05) is 91.0 Å². The number of nitrogens with zero attached hydrogens (tertiary/aromatic N) is 1. The topological polar surface area (TPSA) is 57.2 Å². The Bertz CT molecular complexity index is 1450. The Labute approximate surface area is 202 Å². The number of anilines is 2. The lowest BCUT2D eigenvalue weighted by Crippen LogP contribution is -2.40. The third-order valence-corrected chi connectivity index (χ3v) is 6.80. The van der Waals surface area contributed by atoms with Gasteiger partial charge in [0.05, 0.1) is 5.69 Å². The van der Waals surface area contributed by atoms with Crippen molar-refractivity contribution in [3.05, 3.63) is 102 Å². The van der Waals surface area contributed by atoms with Gasteiger partial charge in [0.2, 0.25) is 5.91 Å². The van der Waals surface area contributed by atoms with E-state index in [4.69, 9.17) is 18.9 Å². The first-order chi connectivity index (χ1) is 17.2. The summed E-state index contributed by atoms with van der Waals surface area (Å²) in [6.45, 7) is 1.21. The van der Waals surface area contributed by atoms with E-state index >= 15 is 0 Å². The molecule has 1 amide bonds. The van der Waals surface area contributed by atoms with Crippen LogP contribution in [-0.2, 0) is 10.2 Å². The van der Waals surface area contributed by atoms with Crippen LogP contribution < -0.4 is 23.8 Å². The summed E-state index contributed by atoms with van der Waals surface area (Å²) in [6, 6.07) is 28.8. The summed E-state index contributed by atoms with van der Waals surface area (Å²) in [6.07, 6.45) is 0. The maximum Gasteiger partial charge on any atom is 0.250 e. The third-order valence-electron chi connectivity index (χ3n) is 6.80. The number of ether oxygens (including phenoxy) is 4. The fraction of sp³-hybridized carbons (Fsp3) is 0.138. The van der Waals surface area contributed by atoms with Crippen molar-refractivity contribution in [3.8, 4) is 28.7 Å². The molecular formula is C29H21NO5. The Kier molecular flexibility index (Phi) is 4.30. The van der Waals surface area contributed by atoms with Crippen molar-refractivity contribution in [1.29, 1.82) is 0 Å². The van der Waals surface area contributed by atoms with Crippen LogP contribution in [0.3, 0.4) is 0 Å². The van der Waals surface area contributed by atoms with E-state index in [9.17, 15) is 4.79 Å². The van der Waals surface area contributed by atoms with E-state index in [1.54, 1.807) is 4.90 Å². The molecule has 0 aromatic heterocycles. The van der Waals surface area contributed by atoms with Crippen LogP contribution in [0.15, 0.2) is 91.0 Å². The quantitative estimate of drug-likeness (QED) is 0.396. The SMILES string of the molecule is O=C1N(c2ccc(Oc3ccccc3)cc2)c2ccccc2C12COc1cc3c(cc12)OCCO3. The Morgan fingerprint density at radius 2 is 1.37 bits per heavy atom. The van der Waals surface area contributed by atoms with Crippen LogP contribution >= 0.6 is 0 Å². The van der Waals surface area contributed by atoms with Gasteiger partial charge in [0, 0.05) is 17.3 Å². The molecule has 3 aliphatic rings. The molecule has 0 fully saturated rings. The van der Waals surface area contributed by atoms with Crippen LogP contribution in [0.4, 0.5) is 11.4 Å². The lowest BCUT2D eigenvalue weighted by molar-refractivity contribution is -0.121. The number of rotatable bonds is 3. The molecule has 0 radical (unpaired) electrons. The Hall–Kier alpha value is -4.45. The molecule has 4 aromatic rings. The number of fused-ring (bicyclic) bond motifs is 5. The molecule has 6 nitrogen and oxygen atoms in total. The van der Waals surface area contributed by atoms with Gasteiger partial charge in [0.1, 0.15) is 42.5 Å². The molecule has 0 saturated carbocycles. The van der Waals surface area contributed by atoms with Gasteiger partial charge in [-0.25, -0.2) is 0 Å². The number of hydrogen-bond donors (Lipinski definition) is 0. The van der Waals surface area contributed by atoms with Crippen molar-refractivity contribution in [3.63, 3.8) is 0 Å². The molecule has 172 valence electrons. The second kappa shape index (κ2) is 7.53. The molecule has 1 spiro atoms. The Morgan fingerprint density at radius 3 is 2.17 bits per heavy atom. The van der Waals surface area contributed by atoms with Crippen LogP contribution in [0.25, 0.3) is 0 Å². The van der Waals surface area contributed by atoms with Gasteiger partial charge in [-0.15, -0.1) is 0 Å². The van der Waals surface area contributed by atoms with Gasteiger partial charge < -0.3 is 18.9 Å². The van der Waals surface area contributed by atoms with E-state index in [0.29, 0.717) is 36.2 Å². The van der Waals surface area contributed by atoms with E-state index in [0.717, 1.165) is 28.3 Å². The zero-order chi connectivity index (χ0) is 23.4. The second-order valence-corrected chi connectivity index (χ2v) is 8.75. The van der Waals surface area contributed by atoms with Crippen molar-refractivity contribution in [1.82, 2.24) is 0 Å². The van der Waals surface area contributed by atoms with E-state index in [1.165, 1.54) is 0 Å². The van der Waals surface area contributed by atoms with Crippen molar-refractivity contribution >= 4 is 17.3 Å². The number of para-hydroxylation sites is 2. The van der Waals surface area contributed by atoms with Crippen LogP contribution in [0, 0.1) is 0 Å². The lowest BCUT2D eigenvalue weighted by atomic mass is 9.77. The molecule has 1 atom stereocenters. The average molecular weight is 463 g/mol. The molecule has 0 saturated heterocycles. The van der Waals surface area contributed by atoms with Gasteiger partial charge >= 0.3 is 0 Å². The Morgan fingerprint density at radius 1 is 0.686 bits per heavy atom. The largest absolute Gasteiger partial charge is 0.491 e. The first kappa shape index (κ1) is 20.0. The molecular weight excluding hydrogens is 442 g/mol. The highest BCUT2D eigenvalue weighted by Gasteiger charge is 2.57. The maximum atomic E-state index is 14.2. The normalized spacial score (nSPS) is 19.3. The predicted octanol–water partition coefficient (Wildman–Crippen LogP) is 5.61. The molecule has 3 aliphatic heterocycles. The van der Waals surface area contributed by atoms with Gasteiger partial charge in [-0.2, -0.15) is 0 Å². The monoisotopic (exact) mass is 463 g/mol. The fourth-order valence-corrected chi connectivity index (χ4v) is 5.18. The minimum Gasteiger partial charge on any atom is -0.491 e. The maximum absolute atomic E-state index is 14.2. The van der Waals surface area contributed by atoms with Crippen molar-refractivity contribution in [2.75, 3.05) is 24.7 Å². The third kappa shape index (κ3) is 2.93. The zero-order valence-corrected chi connectivity index (χ0v) is 18.8. The molecule has 35 heavy (non-hydrogen) atoms. The number of carbonyl (C=O) groups is 1. The van der Waals surface area contributed by atoms with Gasteiger partial charge in [-0.05, 0) is 54.1 Å². The highest BCUT2D eigenvalue weighted by atomic mass is 16.6. The molecule has 0 bridgehead atoms. The average Bonchev–Trinajstić information content (AvgIpc) is 3.40. The van der Waals surface area contributed by atoms with E-state index in [-0.39, 0.29) is 12.5 Å².